The first-order valence-corrected chi connectivity index (χ1v) is 6.60. The highest BCUT2D eigenvalue weighted by Crippen LogP contribution is 2.21. The summed E-state index contributed by atoms with van der Waals surface area (Å²) in [4.78, 5) is 11.8. The van der Waals surface area contributed by atoms with E-state index in [2.05, 4.69) is 20.8 Å². The van der Waals surface area contributed by atoms with Crippen LogP contribution >= 0.6 is 11.3 Å². The molecule has 0 fully saturated rings. The molecule has 100 valence electrons. The molecule has 0 unspecified atom stereocenters. The van der Waals surface area contributed by atoms with Gasteiger partial charge in [-0.1, -0.05) is 18.3 Å². The van der Waals surface area contributed by atoms with Crippen molar-refractivity contribution in [3.05, 3.63) is 28.8 Å². The van der Waals surface area contributed by atoms with Crippen molar-refractivity contribution in [2.75, 3.05) is 10.6 Å². The molecule has 7 heteroatoms. The molecule has 0 aliphatic rings. The Hall–Kier alpha value is -2.15. The van der Waals surface area contributed by atoms with Gasteiger partial charge < -0.3 is 10.4 Å². The first-order chi connectivity index (χ1) is 9.08. The van der Waals surface area contributed by atoms with Crippen LogP contribution in [0.25, 0.3) is 0 Å². The molecule has 0 bridgehead atoms. The molecule has 0 radical (unpaired) electrons. The summed E-state index contributed by atoms with van der Waals surface area (Å²) in [5.74, 6) is 0.167. The Morgan fingerprint density at radius 3 is 2.79 bits per heavy atom. The van der Waals surface area contributed by atoms with Crippen molar-refractivity contribution in [2.24, 2.45) is 0 Å². The number of rotatable bonds is 3. The molecule has 3 N–H and O–H groups in total. The normalized spacial score (nSPS) is 10.2. The maximum absolute atomic E-state index is 11.8. The second-order valence-corrected chi connectivity index (χ2v) is 4.99. The summed E-state index contributed by atoms with van der Waals surface area (Å²) in [6.45, 7) is 3.78. The third-order valence-corrected chi connectivity index (χ3v) is 3.43. The molecular weight excluding hydrogens is 264 g/mol. The topological polar surface area (TPSA) is 87.1 Å². The molecule has 0 aliphatic heterocycles. The fourth-order valence-electron chi connectivity index (χ4n) is 1.49. The van der Waals surface area contributed by atoms with Crippen molar-refractivity contribution >= 4 is 28.2 Å². The lowest BCUT2D eigenvalue weighted by molar-refractivity contribution is 0.262. The average Bonchev–Trinajstić information content (AvgIpc) is 2.80. The Morgan fingerprint density at radius 1 is 1.37 bits per heavy atom. The van der Waals surface area contributed by atoms with Crippen molar-refractivity contribution < 1.29 is 9.90 Å². The number of nitrogens with zero attached hydrogens (tertiary/aromatic N) is 2. The minimum Gasteiger partial charge on any atom is -0.508 e. The van der Waals surface area contributed by atoms with Crippen LogP contribution in [-0.2, 0) is 6.42 Å². The highest BCUT2D eigenvalue weighted by atomic mass is 32.1. The first-order valence-electron chi connectivity index (χ1n) is 5.78. The summed E-state index contributed by atoms with van der Waals surface area (Å²) in [6, 6.07) is 4.35. The van der Waals surface area contributed by atoms with Gasteiger partial charge in [0.05, 0.1) is 0 Å². The fraction of sp³-hybridized carbons (Fsp3) is 0.250. The van der Waals surface area contributed by atoms with Crippen molar-refractivity contribution in [3.8, 4) is 5.75 Å². The summed E-state index contributed by atoms with van der Waals surface area (Å²) >= 11 is 1.34. The van der Waals surface area contributed by atoms with Gasteiger partial charge in [-0.2, -0.15) is 0 Å². The summed E-state index contributed by atoms with van der Waals surface area (Å²) in [5.41, 5.74) is 1.41. The second kappa shape index (κ2) is 5.66. The van der Waals surface area contributed by atoms with Crippen LogP contribution in [0, 0.1) is 6.92 Å². The lowest BCUT2D eigenvalue weighted by Gasteiger charge is -2.08. The van der Waals surface area contributed by atoms with Crippen molar-refractivity contribution in [3.63, 3.8) is 0 Å². The van der Waals surface area contributed by atoms with E-state index in [-0.39, 0.29) is 11.8 Å². The van der Waals surface area contributed by atoms with E-state index in [0.29, 0.717) is 10.8 Å². The van der Waals surface area contributed by atoms with Crippen LogP contribution in [0.3, 0.4) is 0 Å². The van der Waals surface area contributed by atoms with Gasteiger partial charge in [-0.25, -0.2) is 4.79 Å². The van der Waals surface area contributed by atoms with E-state index in [9.17, 15) is 9.90 Å². The summed E-state index contributed by atoms with van der Waals surface area (Å²) in [5, 5.41) is 23.7. The zero-order chi connectivity index (χ0) is 13.8. The molecule has 2 amide bonds. The molecule has 0 atom stereocenters. The molecule has 0 aliphatic carbocycles. The molecule has 1 aromatic carbocycles. The number of nitrogens with one attached hydrogen (secondary N) is 2. The van der Waals surface area contributed by atoms with E-state index in [4.69, 9.17) is 0 Å². The Balaban J connectivity index is 2.01. The molecular formula is C12H14N4O2S. The van der Waals surface area contributed by atoms with Gasteiger partial charge in [-0.05, 0) is 37.1 Å². The molecule has 2 rings (SSSR count). The Kier molecular flexibility index (Phi) is 3.96. The monoisotopic (exact) mass is 278 g/mol. The minimum absolute atomic E-state index is 0.167. The largest absolute Gasteiger partial charge is 0.508 e. The van der Waals surface area contributed by atoms with Crippen molar-refractivity contribution in [2.45, 2.75) is 20.3 Å². The lowest BCUT2D eigenvalue weighted by Crippen LogP contribution is -2.19. The van der Waals surface area contributed by atoms with Gasteiger partial charge in [-0.15, -0.1) is 10.2 Å². The number of aromatic hydroxyl groups is 1. The van der Waals surface area contributed by atoms with Gasteiger partial charge in [0.1, 0.15) is 10.8 Å². The smallest absolute Gasteiger partial charge is 0.325 e. The lowest BCUT2D eigenvalue weighted by atomic mass is 10.2. The zero-order valence-electron chi connectivity index (χ0n) is 10.6. The number of amides is 2. The van der Waals surface area contributed by atoms with Crippen LogP contribution in [0.15, 0.2) is 18.2 Å². The number of aryl methyl sites for hydroxylation is 2. The third kappa shape index (κ3) is 3.41. The molecule has 6 nitrogen and oxygen atoms in total. The summed E-state index contributed by atoms with van der Waals surface area (Å²) < 4.78 is 0. The Bertz CT molecular complexity index is 597. The molecule has 1 aromatic heterocycles. The van der Waals surface area contributed by atoms with Gasteiger partial charge in [0.15, 0.2) is 0 Å². The fourth-order valence-corrected chi connectivity index (χ4v) is 2.16. The molecule has 0 saturated carbocycles. The number of carbonyl (C=O) groups excluding carboxylic acids is 1. The first kappa shape index (κ1) is 13.3. The van der Waals surface area contributed by atoms with E-state index in [1.165, 1.54) is 17.4 Å². The van der Waals surface area contributed by atoms with E-state index in [1.807, 2.05) is 6.92 Å². The van der Waals surface area contributed by atoms with Crippen LogP contribution in [0.5, 0.6) is 5.75 Å². The maximum atomic E-state index is 11.8. The minimum atomic E-state index is -0.382. The molecule has 0 spiro atoms. The predicted molar refractivity (Wildman–Crippen MR) is 74.8 cm³/mol. The molecule has 0 saturated heterocycles. The van der Waals surface area contributed by atoms with E-state index >= 15 is 0 Å². The highest BCUT2D eigenvalue weighted by molar-refractivity contribution is 7.15. The Labute approximate surface area is 114 Å². The number of phenolic OH excluding ortho intramolecular Hbond substituents is 1. The predicted octanol–water partition coefficient (Wildman–Crippen LogP) is 2.76. The average molecular weight is 278 g/mol. The number of phenols is 1. The number of anilines is 2. The Morgan fingerprint density at radius 2 is 2.16 bits per heavy atom. The van der Waals surface area contributed by atoms with Crippen LogP contribution in [0.4, 0.5) is 15.6 Å². The second-order valence-electron chi connectivity index (χ2n) is 3.93. The van der Waals surface area contributed by atoms with Crippen LogP contribution < -0.4 is 10.6 Å². The number of hydrogen-bond acceptors (Lipinski definition) is 5. The van der Waals surface area contributed by atoms with Gasteiger partial charge in [0.25, 0.3) is 0 Å². The quantitative estimate of drug-likeness (QED) is 0.753. The zero-order valence-corrected chi connectivity index (χ0v) is 11.4. The summed E-state index contributed by atoms with van der Waals surface area (Å²) in [7, 11) is 0. The molecule has 2 aromatic rings. The highest BCUT2D eigenvalue weighted by Gasteiger charge is 2.08. The van der Waals surface area contributed by atoms with Crippen LogP contribution in [-0.4, -0.2) is 21.3 Å². The number of carbonyl (C=O) groups is 1. The standard InChI is InChI=1S/C12H14N4O2S/c1-3-10-15-16-12(19-10)14-11(18)13-9-5-4-8(17)6-7(9)2/h4-6,17H,3H2,1-2H3,(H2,13,14,16,18). The summed E-state index contributed by atoms with van der Waals surface area (Å²) in [6.07, 6.45) is 0.790. The number of urea groups is 1. The van der Waals surface area contributed by atoms with Crippen LogP contribution in [0.1, 0.15) is 17.5 Å². The maximum Gasteiger partial charge on any atom is 0.325 e. The van der Waals surface area contributed by atoms with Gasteiger partial charge in [-0.3, -0.25) is 5.32 Å². The number of hydrogen-bond donors (Lipinski definition) is 3. The van der Waals surface area contributed by atoms with E-state index in [0.717, 1.165) is 17.0 Å². The van der Waals surface area contributed by atoms with E-state index < -0.39 is 0 Å². The SMILES string of the molecule is CCc1nnc(NC(=O)Nc2ccc(O)cc2C)s1. The van der Waals surface area contributed by atoms with Gasteiger partial charge >= 0.3 is 6.03 Å². The van der Waals surface area contributed by atoms with Gasteiger partial charge in [0.2, 0.25) is 5.13 Å². The van der Waals surface area contributed by atoms with Crippen molar-refractivity contribution in [1.29, 1.82) is 0 Å². The molecule has 1 heterocycles. The third-order valence-electron chi connectivity index (χ3n) is 2.45. The number of benzene rings is 1. The number of aromatic nitrogens is 2. The van der Waals surface area contributed by atoms with Crippen LogP contribution in [0.2, 0.25) is 0 Å². The molecule has 19 heavy (non-hydrogen) atoms. The van der Waals surface area contributed by atoms with E-state index in [1.54, 1.807) is 19.1 Å². The van der Waals surface area contributed by atoms with Gasteiger partial charge in [0, 0.05) is 5.69 Å². The van der Waals surface area contributed by atoms with Crippen molar-refractivity contribution in [1.82, 2.24) is 10.2 Å².